The van der Waals surface area contributed by atoms with Crippen LogP contribution in [0.2, 0.25) is 0 Å². The molecule has 2 aliphatic heterocycles. The minimum absolute atomic E-state index is 0.0921. The Bertz CT molecular complexity index is 887. The third-order valence-corrected chi connectivity index (χ3v) is 6.54. The van der Waals surface area contributed by atoms with E-state index < -0.39 is 11.6 Å². The molecule has 4 rings (SSSR count). The van der Waals surface area contributed by atoms with Gasteiger partial charge in [-0.25, -0.2) is 13.8 Å². The number of amides is 1. The van der Waals surface area contributed by atoms with E-state index in [0.717, 1.165) is 69.4 Å². The largest absolute Gasteiger partial charge is 0.302 e. The fourth-order valence-electron chi connectivity index (χ4n) is 4.23. The highest BCUT2D eigenvalue weighted by Gasteiger charge is 2.33. The SMILES string of the molecule is C=CCN1CCC(N2CCCC(C(=O)Nc3nc4c(F)cc(F)cc4s3)C2)C1.CC. The van der Waals surface area contributed by atoms with E-state index in [9.17, 15) is 13.6 Å². The fraction of sp³-hybridized carbons (Fsp3) is 0.545. The van der Waals surface area contributed by atoms with E-state index >= 15 is 0 Å². The first kappa shape index (κ1) is 22.8. The molecule has 0 saturated carbocycles. The number of halogens is 2. The van der Waals surface area contributed by atoms with Crippen molar-refractivity contribution < 1.29 is 13.6 Å². The summed E-state index contributed by atoms with van der Waals surface area (Å²) in [6.45, 7) is 12.5. The van der Waals surface area contributed by atoms with Crippen molar-refractivity contribution >= 4 is 32.6 Å². The summed E-state index contributed by atoms with van der Waals surface area (Å²) in [6.07, 6.45) is 4.86. The number of hydrogen-bond acceptors (Lipinski definition) is 5. The number of thiazole rings is 1. The molecule has 0 radical (unpaired) electrons. The number of aromatic nitrogens is 1. The van der Waals surface area contributed by atoms with Crippen LogP contribution in [-0.2, 0) is 4.79 Å². The second kappa shape index (κ2) is 10.4. The fourth-order valence-corrected chi connectivity index (χ4v) is 5.14. The molecule has 164 valence electrons. The first-order valence-corrected chi connectivity index (χ1v) is 11.5. The van der Waals surface area contributed by atoms with E-state index in [-0.39, 0.29) is 17.3 Å². The van der Waals surface area contributed by atoms with Gasteiger partial charge in [-0.2, -0.15) is 0 Å². The third kappa shape index (κ3) is 5.22. The van der Waals surface area contributed by atoms with E-state index in [1.165, 1.54) is 6.07 Å². The minimum Gasteiger partial charge on any atom is -0.302 e. The molecule has 0 bridgehead atoms. The Labute approximate surface area is 180 Å². The predicted octanol–water partition coefficient (Wildman–Crippen LogP) is 4.51. The molecule has 2 aliphatic rings. The zero-order valence-corrected chi connectivity index (χ0v) is 18.5. The van der Waals surface area contributed by atoms with Gasteiger partial charge < -0.3 is 5.32 Å². The van der Waals surface area contributed by atoms with Crippen LogP contribution >= 0.6 is 11.3 Å². The molecule has 0 aliphatic carbocycles. The van der Waals surface area contributed by atoms with Crippen LogP contribution in [0.25, 0.3) is 10.2 Å². The van der Waals surface area contributed by atoms with E-state index in [1.54, 1.807) is 0 Å². The molecule has 2 unspecified atom stereocenters. The van der Waals surface area contributed by atoms with Crippen molar-refractivity contribution in [3.05, 3.63) is 36.4 Å². The Kier molecular flexibility index (Phi) is 7.91. The Morgan fingerprint density at radius 1 is 1.30 bits per heavy atom. The standard InChI is InChI=1S/C20H24F2N4OS.C2H6/c1-2-6-25-8-5-15(12-25)26-7-3-4-13(11-26)19(27)24-20-23-18-16(22)9-14(21)10-17(18)28-20;1-2/h2,9-10,13,15H,1,3-8,11-12H2,(H,23,24,27);1-2H3. The van der Waals surface area contributed by atoms with Gasteiger partial charge in [0.2, 0.25) is 5.91 Å². The maximum absolute atomic E-state index is 13.8. The lowest BCUT2D eigenvalue weighted by atomic mass is 9.95. The van der Waals surface area contributed by atoms with Crippen molar-refractivity contribution in [1.82, 2.24) is 14.8 Å². The van der Waals surface area contributed by atoms with Crippen molar-refractivity contribution in [2.45, 2.75) is 39.2 Å². The second-order valence-electron chi connectivity index (χ2n) is 7.57. The molecule has 2 aromatic rings. The first-order chi connectivity index (χ1) is 14.5. The zero-order valence-electron chi connectivity index (χ0n) is 17.7. The lowest BCUT2D eigenvalue weighted by molar-refractivity contribution is -0.121. The number of carbonyl (C=O) groups is 1. The third-order valence-electron chi connectivity index (χ3n) is 5.62. The summed E-state index contributed by atoms with van der Waals surface area (Å²) in [5.41, 5.74) is 0.0974. The average molecular weight is 437 g/mol. The molecule has 1 aromatic carbocycles. The molecule has 2 saturated heterocycles. The lowest BCUT2D eigenvalue weighted by Crippen LogP contribution is -2.46. The van der Waals surface area contributed by atoms with Gasteiger partial charge in [0.15, 0.2) is 10.9 Å². The highest BCUT2D eigenvalue weighted by Crippen LogP contribution is 2.30. The summed E-state index contributed by atoms with van der Waals surface area (Å²) in [5, 5.41) is 3.14. The molecule has 2 fully saturated rings. The summed E-state index contributed by atoms with van der Waals surface area (Å²) in [6, 6.07) is 2.53. The Morgan fingerprint density at radius 3 is 2.87 bits per heavy atom. The number of carbonyl (C=O) groups excluding carboxylic acids is 1. The van der Waals surface area contributed by atoms with Crippen molar-refractivity contribution in [3.8, 4) is 0 Å². The van der Waals surface area contributed by atoms with Crippen LogP contribution in [0, 0.1) is 17.6 Å². The van der Waals surface area contributed by atoms with Gasteiger partial charge >= 0.3 is 0 Å². The predicted molar refractivity (Wildman–Crippen MR) is 119 cm³/mol. The molecule has 8 heteroatoms. The number of benzene rings is 1. The van der Waals surface area contributed by atoms with Gasteiger partial charge in [-0.15, -0.1) is 6.58 Å². The molecular formula is C22H30F2N4OS. The van der Waals surface area contributed by atoms with Crippen LogP contribution in [-0.4, -0.2) is 59.5 Å². The summed E-state index contributed by atoms with van der Waals surface area (Å²) < 4.78 is 27.6. The van der Waals surface area contributed by atoms with E-state index in [4.69, 9.17) is 0 Å². The molecule has 5 nitrogen and oxygen atoms in total. The Hall–Kier alpha value is -1.90. The highest BCUT2D eigenvalue weighted by molar-refractivity contribution is 7.22. The molecule has 1 aromatic heterocycles. The van der Waals surface area contributed by atoms with Gasteiger partial charge in [-0.3, -0.25) is 14.6 Å². The van der Waals surface area contributed by atoms with E-state index in [2.05, 4.69) is 26.7 Å². The quantitative estimate of drug-likeness (QED) is 0.701. The van der Waals surface area contributed by atoms with Crippen molar-refractivity contribution in [2.24, 2.45) is 5.92 Å². The smallest absolute Gasteiger partial charge is 0.230 e. The number of rotatable bonds is 5. The molecule has 30 heavy (non-hydrogen) atoms. The average Bonchev–Trinajstić information content (AvgIpc) is 3.37. The van der Waals surface area contributed by atoms with Gasteiger partial charge in [-0.1, -0.05) is 31.3 Å². The number of nitrogens with zero attached hydrogens (tertiary/aromatic N) is 3. The van der Waals surface area contributed by atoms with Crippen LogP contribution in [0.1, 0.15) is 33.1 Å². The normalized spacial score (nSPS) is 22.5. The Balaban J connectivity index is 0.00000124. The van der Waals surface area contributed by atoms with Gasteiger partial charge in [0.25, 0.3) is 0 Å². The van der Waals surface area contributed by atoms with E-state index in [0.29, 0.717) is 15.9 Å². The van der Waals surface area contributed by atoms with Crippen LogP contribution < -0.4 is 5.32 Å². The summed E-state index contributed by atoms with van der Waals surface area (Å²) in [5.74, 6) is -1.56. The van der Waals surface area contributed by atoms with Crippen LogP contribution in [0.5, 0.6) is 0 Å². The number of hydrogen-bond donors (Lipinski definition) is 1. The zero-order chi connectivity index (χ0) is 21.7. The first-order valence-electron chi connectivity index (χ1n) is 10.7. The van der Waals surface area contributed by atoms with Gasteiger partial charge in [0.1, 0.15) is 11.3 Å². The number of anilines is 1. The van der Waals surface area contributed by atoms with Gasteiger partial charge in [-0.05, 0) is 31.9 Å². The van der Waals surface area contributed by atoms with Crippen LogP contribution in [0.4, 0.5) is 13.9 Å². The van der Waals surface area contributed by atoms with Gasteiger partial charge in [0, 0.05) is 38.3 Å². The second-order valence-corrected chi connectivity index (χ2v) is 8.60. The van der Waals surface area contributed by atoms with Crippen molar-refractivity contribution in [1.29, 1.82) is 0 Å². The van der Waals surface area contributed by atoms with E-state index in [1.807, 2.05) is 19.9 Å². The molecular weight excluding hydrogens is 406 g/mol. The number of piperidine rings is 1. The number of nitrogens with one attached hydrogen (secondary N) is 1. The molecule has 1 amide bonds. The maximum atomic E-state index is 13.8. The number of fused-ring (bicyclic) bond motifs is 1. The summed E-state index contributed by atoms with van der Waals surface area (Å²) >= 11 is 1.10. The monoisotopic (exact) mass is 436 g/mol. The molecule has 1 N–H and O–H groups in total. The van der Waals surface area contributed by atoms with Crippen molar-refractivity contribution in [3.63, 3.8) is 0 Å². The van der Waals surface area contributed by atoms with Gasteiger partial charge in [0.05, 0.1) is 10.6 Å². The molecule has 3 heterocycles. The number of likely N-dealkylation sites (tertiary alicyclic amines) is 2. The van der Waals surface area contributed by atoms with Crippen LogP contribution in [0.3, 0.4) is 0 Å². The maximum Gasteiger partial charge on any atom is 0.230 e. The highest BCUT2D eigenvalue weighted by atomic mass is 32.1. The Morgan fingerprint density at radius 2 is 2.10 bits per heavy atom. The summed E-state index contributed by atoms with van der Waals surface area (Å²) in [4.78, 5) is 21.7. The van der Waals surface area contributed by atoms with Crippen LogP contribution in [0.15, 0.2) is 24.8 Å². The molecule has 0 spiro atoms. The summed E-state index contributed by atoms with van der Waals surface area (Å²) in [7, 11) is 0. The topological polar surface area (TPSA) is 48.5 Å². The van der Waals surface area contributed by atoms with Crippen molar-refractivity contribution in [2.75, 3.05) is 38.0 Å². The molecule has 2 atom stereocenters. The minimum atomic E-state index is -0.707. The lowest BCUT2D eigenvalue weighted by Gasteiger charge is -2.36.